The zero-order valence-electron chi connectivity index (χ0n) is 8.70. The Hall–Kier alpha value is -0.130. The molecule has 1 aromatic carbocycles. The SMILES string of the molecule is CC(CN)N(C)Cc1ccc(I)cc1. The summed E-state index contributed by atoms with van der Waals surface area (Å²) < 4.78 is 1.28. The Labute approximate surface area is 99.6 Å². The second kappa shape index (κ2) is 5.68. The Bertz CT molecular complexity index is 271. The number of benzene rings is 1. The summed E-state index contributed by atoms with van der Waals surface area (Å²) in [5.74, 6) is 0. The summed E-state index contributed by atoms with van der Waals surface area (Å²) in [6.45, 7) is 3.82. The van der Waals surface area contributed by atoms with E-state index in [1.165, 1.54) is 9.13 Å². The van der Waals surface area contributed by atoms with Crippen molar-refractivity contribution in [3.8, 4) is 0 Å². The summed E-state index contributed by atoms with van der Waals surface area (Å²) in [4.78, 5) is 2.27. The van der Waals surface area contributed by atoms with Gasteiger partial charge in [0.25, 0.3) is 0 Å². The van der Waals surface area contributed by atoms with Gasteiger partial charge >= 0.3 is 0 Å². The van der Waals surface area contributed by atoms with Gasteiger partial charge in [0, 0.05) is 22.7 Å². The maximum Gasteiger partial charge on any atom is 0.0234 e. The molecule has 0 saturated heterocycles. The highest BCUT2D eigenvalue weighted by atomic mass is 127. The highest BCUT2D eigenvalue weighted by Crippen LogP contribution is 2.09. The number of nitrogens with two attached hydrogens (primary N) is 1. The first-order chi connectivity index (χ1) is 6.63. The van der Waals surface area contributed by atoms with Crippen LogP contribution in [0.15, 0.2) is 24.3 Å². The molecule has 1 atom stereocenters. The summed E-state index contributed by atoms with van der Waals surface area (Å²) in [5, 5.41) is 0. The molecular weight excluding hydrogens is 287 g/mol. The standard InChI is InChI=1S/C11H17IN2/c1-9(7-13)14(2)8-10-3-5-11(12)6-4-10/h3-6,9H,7-8,13H2,1-2H3. The van der Waals surface area contributed by atoms with Crippen LogP contribution in [0.1, 0.15) is 12.5 Å². The molecule has 2 N–H and O–H groups in total. The molecule has 0 radical (unpaired) electrons. The van der Waals surface area contributed by atoms with Crippen LogP contribution in [0.3, 0.4) is 0 Å². The second-order valence-electron chi connectivity index (χ2n) is 3.63. The predicted octanol–water partition coefficient (Wildman–Crippen LogP) is 2.07. The van der Waals surface area contributed by atoms with Crippen LogP contribution in [0.25, 0.3) is 0 Å². The molecule has 0 aliphatic heterocycles. The first-order valence-electron chi connectivity index (χ1n) is 4.78. The van der Waals surface area contributed by atoms with Crippen molar-refractivity contribution in [1.29, 1.82) is 0 Å². The van der Waals surface area contributed by atoms with Crippen LogP contribution >= 0.6 is 22.6 Å². The summed E-state index contributed by atoms with van der Waals surface area (Å²) in [6.07, 6.45) is 0. The number of halogens is 1. The smallest absolute Gasteiger partial charge is 0.0234 e. The zero-order valence-corrected chi connectivity index (χ0v) is 10.9. The summed E-state index contributed by atoms with van der Waals surface area (Å²) in [6, 6.07) is 9.05. The molecule has 0 aliphatic rings. The van der Waals surface area contributed by atoms with Gasteiger partial charge in [-0.1, -0.05) is 12.1 Å². The van der Waals surface area contributed by atoms with E-state index in [1.54, 1.807) is 0 Å². The number of hydrogen-bond donors (Lipinski definition) is 1. The van der Waals surface area contributed by atoms with Gasteiger partial charge < -0.3 is 5.73 Å². The van der Waals surface area contributed by atoms with Gasteiger partial charge in [-0.15, -0.1) is 0 Å². The van der Waals surface area contributed by atoms with Crippen molar-refractivity contribution in [3.63, 3.8) is 0 Å². The van der Waals surface area contributed by atoms with Crippen LogP contribution in [-0.4, -0.2) is 24.5 Å². The van der Waals surface area contributed by atoms with Crippen LogP contribution in [0.4, 0.5) is 0 Å². The molecule has 14 heavy (non-hydrogen) atoms. The summed E-state index contributed by atoms with van der Waals surface area (Å²) in [5.41, 5.74) is 6.95. The molecule has 78 valence electrons. The van der Waals surface area contributed by atoms with Gasteiger partial charge in [0.2, 0.25) is 0 Å². The Morgan fingerprint density at radius 2 is 1.93 bits per heavy atom. The predicted molar refractivity (Wildman–Crippen MR) is 69.1 cm³/mol. The molecule has 0 aromatic heterocycles. The van der Waals surface area contributed by atoms with E-state index < -0.39 is 0 Å². The average Bonchev–Trinajstić information content (AvgIpc) is 2.20. The van der Waals surface area contributed by atoms with E-state index in [1.807, 2.05) is 0 Å². The van der Waals surface area contributed by atoms with E-state index in [-0.39, 0.29) is 0 Å². The van der Waals surface area contributed by atoms with Gasteiger partial charge in [-0.2, -0.15) is 0 Å². The topological polar surface area (TPSA) is 29.3 Å². The molecule has 2 nitrogen and oxygen atoms in total. The van der Waals surface area contributed by atoms with Crippen molar-refractivity contribution < 1.29 is 0 Å². The highest BCUT2D eigenvalue weighted by molar-refractivity contribution is 14.1. The molecule has 0 saturated carbocycles. The van der Waals surface area contributed by atoms with Gasteiger partial charge in [0.05, 0.1) is 0 Å². The Morgan fingerprint density at radius 1 is 1.36 bits per heavy atom. The fraction of sp³-hybridized carbons (Fsp3) is 0.455. The van der Waals surface area contributed by atoms with E-state index in [0.29, 0.717) is 12.6 Å². The van der Waals surface area contributed by atoms with Crippen LogP contribution in [0.2, 0.25) is 0 Å². The first-order valence-corrected chi connectivity index (χ1v) is 5.86. The fourth-order valence-electron chi connectivity index (χ4n) is 1.21. The van der Waals surface area contributed by atoms with Crippen molar-refractivity contribution in [3.05, 3.63) is 33.4 Å². The highest BCUT2D eigenvalue weighted by Gasteiger charge is 2.06. The van der Waals surface area contributed by atoms with Gasteiger partial charge in [-0.3, -0.25) is 4.90 Å². The molecule has 0 spiro atoms. The van der Waals surface area contributed by atoms with Crippen molar-refractivity contribution in [2.45, 2.75) is 19.5 Å². The van der Waals surface area contributed by atoms with Crippen molar-refractivity contribution in [1.82, 2.24) is 4.90 Å². The monoisotopic (exact) mass is 304 g/mol. The average molecular weight is 304 g/mol. The number of nitrogens with zero attached hydrogens (tertiary/aromatic N) is 1. The lowest BCUT2D eigenvalue weighted by molar-refractivity contribution is 0.255. The Balaban J connectivity index is 2.56. The quantitative estimate of drug-likeness (QED) is 0.863. The van der Waals surface area contributed by atoms with E-state index in [2.05, 4.69) is 65.7 Å². The molecule has 0 bridgehead atoms. The Morgan fingerprint density at radius 3 is 2.43 bits per heavy atom. The number of hydrogen-bond acceptors (Lipinski definition) is 2. The minimum Gasteiger partial charge on any atom is -0.329 e. The number of rotatable bonds is 4. The van der Waals surface area contributed by atoms with Crippen molar-refractivity contribution in [2.24, 2.45) is 5.73 Å². The Kier molecular flexibility index (Phi) is 4.84. The molecule has 0 heterocycles. The molecule has 1 aromatic rings. The van der Waals surface area contributed by atoms with E-state index in [4.69, 9.17) is 5.73 Å². The molecule has 0 fully saturated rings. The third-order valence-electron chi connectivity index (χ3n) is 2.44. The normalized spacial score (nSPS) is 13.2. The van der Waals surface area contributed by atoms with E-state index in [9.17, 15) is 0 Å². The van der Waals surface area contributed by atoms with Crippen LogP contribution in [0, 0.1) is 3.57 Å². The van der Waals surface area contributed by atoms with E-state index >= 15 is 0 Å². The minimum atomic E-state index is 0.439. The minimum absolute atomic E-state index is 0.439. The van der Waals surface area contributed by atoms with Crippen molar-refractivity contribution >= 4 is 22.6 Å². The first kappa shape index (κ1) is 11.9. The van der Waals surface area contributed by atoms with E-state index in [0.717, 1.165) is 6.54 Å². The lowest BCUT2D eigenvalue weighted by Crippen LogP contribution is -2.34. The summed E-state index contributed by atoms with van der Waals surface area (Å²) >= 11 is 2.32. The zero-order chi connectivity index (χ0) is 10.6. The maximum atomic E-state index is 5.61. The lowest BCUT2D eigenvalue weighted by atomic mass is 10.2. The fourth-order valence-corrected chi connectivity index (χ4v) is 1.57. The molecule has 0 amide bonds. The lowest BCUT2D eigenvalue weighted by Gasteiger charge is -2.23. The molecule has 1 rings (SSSR count). The molecule has 1 unspecified atom stereocenters. The van der Waals surface area contributed by atoms with Gasteiger partial charge in [0.1, 0.15) is 0 Å². The number of likely N-dealkylation sites (N-methyl/N-ethyl adjacent to an activating group) is 1. The third-order valence-corrected chi connectivity index (χ3v) is 3.16. The van der Waals surface area contributed by atoms with Crippen LogP contribution in [-0.2, 0) is 6.54 Å². The van der Waals surface area contributed by atoms with Crippen molar-refractivity contribution in [2.75, 3.05) is 13.6 Å². The second-order valence-corrected chi connectivity index (χ2v) is 4.87. The summed E-state index contributed by atoms with van der Waals surface area (Å²) in [7, 11) is 2.11. The maximum absolute atomic E-state index is 5.61. The van der Waals surface area contributed by atoms with Crippen LogP contribution in [0.5, 0.6) is 0 Å². The molecular formula is C11H17IN2. The van der Waals surface area contributed by atoms with Crippen LogP contribution < -0.4 is 5.73 Å². The van der Waals surface area contributed by atoms with Gasteiger partial charge in [0.15, 0.2) is 0 Å². The largest absolute Gasteiger partial charge is 0.329 e. The third kappa shape index (κ3) is 3.55. The van der Waals surface area contributed by atoms with Gasteiger partial charge in [-0.05, 0) is 54.3 Å². The molecule has 0 aliphatic carbocycles. The van der Waals surface area contributed by atoms with Gasteiger partial charge in [-0.25, -0.2) is 0 Å². The molecule has 3 heteroatoms.